The summed E-state index contributed by atoms with van der Waals surface area (Å²) < 4.78 is 17.9. The smallest absolute Gasteiger partial charge is 0.306 e. The first-order valence-corrected chi connectivity index (χ1v) is 5.40. The standard InChI is InChI=1S/C13H21FO2/c1-6-7-11(8-10(2)14)9-12(15)16-13(3,4)5/h6,11H,1-2,7-9H2,3-5H3. The lowest BCUT2D eigenvalue weighted by atomic mass is 9.97. The van der Waals surface area contributed by atoms with E-state index in [1.807, 2.05) is 20.8 Å². The summed E-state index contributed by atoms with van der Waals surface area (Å²) in [5.41, 5.74) is -0.497. The molecule has 0 aliphatic rings. The number of hydrogen-bond donors (Lipinski definition) is 0. The molecule has 3 heteroatoms. The Morgan fingerprint density at radius 3 is 2.38 bits per heavy atom. The summed E-state index contributed by atoms with van der Waals surface area (Å²) in [4.78, 5) is 11.5. The zero-order chi connectivity index (χ0) is 12.8. The number of carbonyl (C=O) groups is 1. The van der Waals surface area contributed by atoms with Gasteiger partial charge in [0.05, 0.1) is 5.83 Å². The van der Waals surface area contributed by atoms with Crippen LogP contribution >= 0.6 is 0 Å². The molecule has 1 unspecified atom stereocenters. The van der Waals surface area contributed by atoms with E-state index in [-0.39, 0.29) is 24.7 Å². The van der Waals surface area contributed by atoms with Crippen molar-refractivity contribution in [1.29, 1.82) is 0 Å². The van der Waals surface area contributed by atoms with E-state index >= 15 is 0 Å². The van der Waals surface area contributed by atoms with E-state index in [1.165, 1.54) is 0 Å². The number of rotatable bonds is 6. The van der Waals surface area contributed by atoms with Crippen LogP contribution < -0.4 is 0 Å². The summed E-state index contributed by atoms with van der Waals surface area (Å²) in [5.74, 6) is -0.819. The van der Waals surface area contributed by atoms with Gasteiger partial charge in [-0.2, -0.15) is 0 Å². The average Bonchev–Trinajstić information content (AvgIpc) is 1.98. The molecule has 0 rings (SSSR count). The first-order chi connectivity index (χ1) is 7.24. The van der Waals surface area contributed by atoms with Gasteiger partial charge in [-0.1, -0.05) is 12.7 Å². The fourth-order valence-electron chi connectivity index (χ4n) is 1.41. The van der Waals surface area contributed by atoms with E-state index in [2.05, 4.69) is 13.2 Å². The lowest BCUT2D eigenvalue weighted by Crippen LogP contribution is -2.25. The molecule has 0 spiro atoms. The Labute approximate surface area is 97.2 Å². The van der Waals surface area contributed by atoms with Crippen LogP contribution in [0, 0.1) is 5.92 Å². The average molecular weight is 228 g/mol. The van der Waals surface area contributed by atoms with Crippen molar-refractivity contribution < 1.29 is 13.9 Å². The molecule has 0 N–H and O–H groups in total. The van der Waals surface area contributed by atoms with E-state index in [9.17, 15) is 9.18 Å². The normalized spacial score (nSPS) is 13.0. The number of ether oxygens (including phenoxy) is 1. The summed E-state index contributed by atoms with van der Waals surface area (Å²) in [7, 11) is 0. The SMILES string of the molecule is C=CCC(CC(=C)F)CC(=O)OC(C)(C)C. The molecule has 0 aliphatic heterocycles. The number of allylic oxidation sites excluding steroid dienone is 2. The van der Waals surface area contributed by atoms with Crippen LogP contribution in [-0.4, -0.2) is 11.6 Å². The molecule has 0 saturated carbocycles. The van der Waals surface area contributed by atoms with Crippen LogP contribution in [0.2, 0.25) is 0 Å². The third kappa shape index (κ3) is 8.21. The second-order valence-corrected chi connectivity index (χ2v) is 4.90. The van der Waals surface area contributed by atoms with E-state index in [0.29, 0.717) is 6.42 Å². The van der Waals surface area contributed by atoms with Crippen LogP contribution in [0.25, 0.3) is 0 Å². The Balaban J connectivity index is 4.22. The van der Waals surface area contributed by atoms with Crippen LogP contribution in [0.5, 0.6) is 0 Å². The lowest BCUT2D eigenvalue weighted by molar-refractivity contribution is -0.155. The number of hydrogen-bond acceptors (Lipinski definition) is 2. The Kier molecular flexibility index (Phi) is 6.01. The van der Waals surface area contributed by atoms with Gasteiger partial charge in [0, 0.05) is 12.8 Å². The highest BCUT2D eigenvalue weighted by atomic mass is 19.1. The third-order valence-corrected chi connectivity index (χ3v) is 1.89. The number of halogens is 1. The maximum atomic E-state index is 12.7. The molecule has 2 nitrogen and oxygen atoms in total. The van der Waals surface area contributed by atoms with Crippen molar-refractivity contribution in [2.75, 3.05) is 0 Å². The molecular weight excluding hydrogens is 207 g/mol. The highest BCUT2D eigenvalue weighted by Gasteiger charge is 2.20. The van der Waals surface area contributed by atoms with E-state index in [4.69, 9.17) is 4.74 Å². The minimum atomic E-state index is -0.497. The maximum absolute atomic E-state index is 12.7. The van der Waals surface area contributed by atoms with Gasteiger partial charge in [0.1, 0.15) is 5.60 Å². The monoisotopic (exact) mass is 228 g/mol. The van der Waals surface area contributed by atoms with Gasteiger partial charge in [-0.05, 0) is 33.1 Å². The van der Waals surface area contributed by atoms with Crippen molar-refractivity contribution in [3.63, 3.8) is 0 Å². The Bertz CT molecular complexity index is 264. The van der Waals surface area contributed by atoms with Gasteiger partial charge >= 0.3 is 5.97 Å². The van der Waals surface area contributed by atoms with Gasteiger partial charge in [-0.3, -0.25) is 4.79 Å². The summed E-state index contributed by atoms with van der Waals surface area (Å²) in [5, 5.41) is 0. The number of esters is 1. The molecule has 0 aromatic carbocycles. The Morgan fingerprint density at radius 2 is 2.00 bits per heavy atom. The summed E-state index contributed by atoms with van der Waals surface area (Å²) >= 11 is 0. The van der Waals surface area contributed by atoms with Gasteiger partial charge in [-0.25, -0.2) is 4.39 Å². The van der Waals surface area contributed by atoms with Crippen molar-refractivity contribution >= 4 is 5.97 Å². The molecule has 0 aliphatic carbocycles. The molecule has 0 radical (unpaired) electrons. The van der Waals surface area contributed by atoms with E-state index in [1.54, 1.807) is 6.08 Å². The van der Waals surface area contributed by atoms with Gasteiger partial charge < -0.3 is 4.74 Å². The van der Waals surface area contributed by atoms with E-state index in [0.717, 1.165) is 0 Å². The van der Waals surface area contributed by atoms with E-state index < -0.39 is 11.4 Å². The predicted molar refractivity (Wildman–Crippen MR) is 63.6 cm³/mol. The van der Waals surface area contributed by atoms with Crippen LogP contribution in [-0.2, 0) is 9.53 Å². The van der Waals surface area contributed by atoms with Crippen molar-refractivity contribution in [3.05, 3.63) is 25.1 Å². The third-order valence-electron chi connectivity index (χ3n) is 1.89. The van der Waals surface area contributed by atoms with Crippen LogP contribution in [0.4, 0.5) is 4.39 Å². The minimum Gasteiger partial charge on any atom is -0.460 e. The second-order valence-electron chi connectivity index (χ2n) is 4.90. The molecule has 0 saturated heterocycles. The zero-order valence-corrected chi connectivity index (χ0v) is 10.4. The van der Waals surface area contributed by atoms with Gasteiger partial charge in [0.25, 0.3) is 0 Å². The first-order valence-electron chi connectivity index (χ1n) is 5.40. The minimum absolute atomic E-state index is 0.107. The van der Waals surface area contributed by atoms with Crippen molar-refractivity contribution in [1.82, 2.24) is 0 Å². The molecule has 92 valence electrons. The topological polar surface area (TPSA) is 26.3 Å². The zero-order valence-electron chi connectivity index (χ0n) is 10.4. The van der Waals surface area contributed by atoms with Gasteiger partial charge in [0.2, 0.25) is 0 Å². The highest BCUT2D eigenvalue weighted by molar-refractivity contribution is 5.70. The predicted octanol–water partition coefficient (Wildman–Crippen LogP) is 3.78. The maximum Gasteiger partial charge on any atom is 0.306 e. The molecule has 0 heterocycles. The summed E-state index contributed by atoms with van der Waals surface area (Å²) in [6.45, 7) is 12.2. The first kappa shape index (κ1) is 14.9. The molecular formula is C13H21FO2. The fraction of sp³-hybridized carbons (Fsp3) is 0.615. The molecule has 1 atom stereocenters. The van der Waals surface area contributed by atoms with Crippen molar-refractivity contribution in [2.24, 2.45) is 5.92 Å². The quantitative estimate of drug-likeness (QED) is 0.511. The van der Waals surface area contributed by atoms with Crippen LogP contribution in [0.3, 0.4) is 0 Å². The van der Waals surface area contributed by atoms with Gasteiger partial charge in [-0.15, -0.1) is 6.58 Å². The highest BCUT2D eigenvalue weighted by Crippen LogP contribution is 2.21. The molecule has 0 amide bonds. The van der Waals surface area contributed by atoms with Crippen LogP contribution in [0.1, 0.15) is 40.0 Å². The van der Waals surface area contributed by atoms with Crippen molar-refractivity contribution in [2.45, 2.75) is 45.6 Å². The molecule has 0 aromatic rings. The summed E-state index contributed by atoms with van der Waals surface area (Å²) in [6, 6.07) is 0. The molecule has 0 aromatic heterocycles. The molecule has 16 heavy (non-hydrogen) atoms. The fourth-order valence-corrected chi connectivity index (χ4v) is 1.41. The Hall–Kier alpha value is -1.12. The van der Waals surface area contributed by atoms with Crippen LogP contribution in [0.15, 0.2) is 25.1 Å². The second kappa shape index (κ2) is 6.46. The lowest BCUT2D eigenvalue weighted by Gasteiger charge is -2.21. The summed E-state index contributed by atoms with van der Waals surface area (Å²) in [6.07, 6.45) is 2.65. The molecule has 0 bridgehead atoms. The number of carbonyl (C=O) groups excluding carboxylic acids is 1. The largest absolute Gasteiger partial charge is 0.460 e. The van der Waals surface area contributed by atoms with Gasteiger partial charge in [0.15, 0.2) is 0 Å². The Morgan fingerprint density at radius 1 is 1.44 bits per heavy atom. The molecule has 0 fully saturated rings. The van der Waals surface area contributed by atoms with Crippen molar-refractivity contribution in [3.8, 4) is 0 Å².